The molecule has 2 amide bonds. The van der Waals surface area contributed by atoms with Crippen LogP contribution in [-0.4, -0.2) is 80.1 Å². The molecular formula is C32H43ClN2O9. The van der Waals surface area contributed by atoms with Gasteiger partial charge in [0.25, 0.3) is 0 Å². The fourth-order valence-corrected chi connectivity index (χ4v) is 6.19. The van der Waals surface area contributed by atoms with Gasteiger partial charge in [0.2, 0.25) is 5.91 Å². The maximum absolute atomic E-state index is 13.8. The monoisotopic (exact) mass is 634 g/mol. The number of hydrogen-bond acceptors (Lipinski definition) is 9. The van der Waals surface area contributed by atoms with Crippen LogP contribution < -0.4 is 15.0 Å². The number of benzene rings is 1. The number of epoxide rings is 1. The van der Waals surface area contributed by atoms with Crippen LogP contribution in [-0.2, 0) is 35.0 Å². The molecule has 1 aromatic carbocycles. The lowest BCUT2D eigenvalue weighted by Crippen LogP contribution is -2.63. The predicted octanol–water partition coefficient (Wildman–Crippen LogP) is 4.32. The molecular weight excluding hydrogens is 592 g/mol. The summed E-state index contributed by atoms with van der Waals surface area (Å²) in [6, 6.07) is 3.63. The quantitative estimate of drug-likeness (QED) is 0.366. The van der Waals surface area contributed by atoms with Gasteiger partial charge in [-0.15, -0.1) is 0 Å². The van der Waals surface area contributed by atoms with E-state index >= 15 is 0 Å². The van der Waals surface area contributed by atoms with Gasteiger partial charge in [0.15, 0.2) is 5.72 Å². The number of fused-ring (bicyclic) bond motifs is 5. The van der Waals surface area contributed by atoms with Gasteiger partial charge in [-0.2, -0.15) is 0 Å². The van der Waals surface area contributed by atoms with Gasteiger partial charge in [0.05, 0.1) is 31.2 Å². The Morgan fingerprint density at radius 3 is 2.59 bits per heavy atom. The number of nitrogens with zero attached hydrogens (tertiary/aromatic N) is 1. The third-order valence-corrected chi connectivity index (χ3v) is 9.06. The molecule has 4 rings (SSSR count). The summed E-state index contributed by atoms with van der Waals surface area (Å²) in [7, 11) is 4.56. The zero-order valence-electron chi connectivity index (χ0n) is 26.5. The number of alkyl carbamates (subject to hydrolysis) is 1. The second-order valence-corrected chi connectivity index (χ2v) is 12.8. The minimum Gasteiger partial charge on any atom is -0.495 e. The first kappa shape index (κ1) is 33.8. The molecule has 2 N–H and O–H groups in total. The third-order valence-electron chi connectivity index (χ3n) is 8.68. The normalized spacial score (nSPS) is 32.8. The van der Waals surface area contributed by atoms with E-state index in [1.807, 2.05) is 32.1 Å². The van der Waals surface area contributed by atoms with Crippen LogP contribution in [0.25, 0.3) is 0 Å². The van der Waals surface area contributed by atoms with E-state index in [0.717, 1.165) is 11.1 Å². The maximum Gasteiger partial charge on any atom is 0.409 e. The number of ether oxygens (including phenoxy) is 5. The molecule has 3 aliphatic rings. The zero-order chi connectivity index (χ0) is 32.6. The van der Waals surface area contributed by atoms with Crippen molar-refractivity contribution in [2.75, 3.05) is 26.2 Å². The lowest BCUT2D eigenvalue weighted by Gasteiger charge is -2.42. The van der Waals surface area contributed by atoms with Gasteiger partial charge in [-0.25, -0.2) is 4.79 Å². The van der Waals surface area contributed by atoms with Crippen LogP contribution in [0.5, 0.6) is 5.75 Å². The molecule has 44 heavy (non-hydrogen) atoms. The number of halogens is 1. The van der Waals surface area contributed by atoms with E-state index in [-0.39, 0.29) is 23.8 Å². The average Bonchev–Trinajstić information content (AvgIpc) is 3.66. The second-order valence-electron chi connectivity index (χ2n) is 12.4. The summed E-state index contributed by atoms with van der Waals surface area (Å²) in [6.07, 6.45) is 1.65. The minimum atomic E-state index is -1.77. The molecule has 4 bridgehead atoms. The van der Waals surface area contributed by atoms with Crippen molar-refractivity contribution in [1.29, 1.82) is 0 Å². The third kappa shape index (κ3) is 6.91. The van der Waals surface area contributed by atoms with Gasteiger partial charge in [-0.1, -0.05) is 56.2 Å². The smallest absolute Gasteiger partial charge is 0.409 e. The molecule has 0 aromatic heterocycles. The molecule has 2 fully saturated rings. The van der Waals surface area contributed by atoms with Crippen LogP contribution in [0.1, 0.15) is 53.0 Å². The Bertz CT molecular complexity index is 1350. The molecule has 11 nitrogen and oxygen atoms in total. The van der Waals surface area contributed by atoms with Gasteiger partial charge >= 0.3 is 12.1 Å². The highest BCUT2D eigenvalue weighted by molar-refractivity contribution is 6.35. The van der Waals surface area contributed by atoms with E-state index in [0.29, 0.717) is 17.9 Å². The molecule has 0 spiro atoms. The lowest BCUT2D eigenvalue weighted by molar-refractivity contribution is -0.157. The number of carbonyl (C=O) groups excluding carboxylic acids is 3. The Labute approximate surface area is 263 Å². The largest absolute Gasteiger partial charge is 0.495 e. The van der Waals surface area contributed by atoms with Crippen LogP contribution in [0.15, 0.2) is 35.9 Å². The summed E-state index contributed by atoms with van der Waals surface area (Å²) in [5, 5.41) is 14.4. The van der Waals surface area contributed by atoms with Gasteiger partial charge in [0.1, 0.15) is 34.7 Å². The highest BCUT2D eigenvalue weighted by Crippen LogP contribution is 2.49. The van der Waals surface area contributed by atoms with Crippen LogP contribution in [0, 0.1) is 11.8 Å². The predicted molar refractivity (Wildman–Crippen MR) is 164 cm³/mol. The molecule has 3 aliphatic heterocycles. The van der Waals surface area contributed by atoms with Crippen LogP contribution >= 0.6 is 11.6 Å². The molecule has 3 heterocycles. The summed E-state index contributed by atoms with van der Waals surface area (Å²) in [4.78, 5) is 40.7. The lowest BCUT2D eigenvalue weighted by atomic mass is 9.83. The Morgan fingerprint density at radius 2 is 1.95 bits per heavy atom. The first-order valence-electron chi connectivity index (χ1n) is 14.7. The van der Waals surface area contributed by atoms with Crippen LogP contribution in [0.4, 0.5) is 10.5 Å². The van der Waals surface area contributed by atoms with Crippen LogP contribution in [0.2, 0.25) is 5.02 Å². The zero-order valence-corrected chi connectivity index (χ0v) is 27.3. The van der Waals surface area contributed by atoms with Crippen LogP contribution in [0.3, 0.4) is 0 Å². The Morgan fingerprint density at radius 1 is 1.25 bits per heavy atom. The molecule has 12 heteroatoms. The Kier molecular flexibility index (Phi) is 10.0. The molecule has 0 aliphatic carbocycles. The number of hydrogen-bond donors (Lipinski definition) is 2. The van der Waals surface area contributed by atoms with E-state index in [1.54, 1.807) is 40.0 Å². The van der Waals surface area contributed by atoms with Crippen molar-refractivity contribution in [3.05, 3.63) is 46.5 Å². The van der Waals surface area contributed by atoms with Crippen molar-refractivity contribution >= 4 is 35.3 Å². The van der Waals surface area contributed by atoms with E-state index in [4.69, 9.17) is 35.3 Å². The molecule has 2 saturated heterocycles. The maximum atomic E-state index is 13.8. The molecule has 242 valence electrons. The number of nitrogens with one attached hydrogen (secondary N) is 1. The Hall–Kier alpha value is -3.12. The summed E-state index contributed by atoms with van der Waals surface area (Å²) >= 11 is 6.68. The van der Waals surface area contributed by atoms with Crippen molar-refractivity contribution in [3.63, 3.8) is 0 Å². The SMILES string of the molecule is COc1cc2cc(c1Cl)N(C)C(=O)C[C@@H](OC(=O)C(C)C)[C@]1(C)O[C@@H]1[C@@H](C)[C@H]1C[C@](O)(NC(=O)O1)[C@@H](OC)C=CC=C(C)C2. The fraction of sp³-hybridized carbons (Fsp3) is 0.594. The summed E-state index contributed by atoms with van der Waals surface area (Å²) in [5.41, 5.74) is -0.587. The number of allylic oxidation sites excluding steroid dienone is 3. The van der Waals surface area contributed by atoms with E-state index in [2.05, 4.69) is 5.32 Å². The number of amides is 2. The number of anilines is 1. The van der Waals surface area contributed by atoms with Crippen molar-refractivity contribution < 1.29 is 43.2 Å². The molecule has 7 atom stereocenters. The summed E-state index contributed by atoms with van der Waals surface area (Å²) in [6.45, 7) is 8.95. The average molecular weight is 635 g/mol. The number of carbonyl (C=O) groups is 3. The van der Waals surface area contributed by atoms with Crippen molar-refractivity contribution in [3.8, 4) is 5.75 Å². The fourth-order valence-electron chi connectivity index (χ4n) is 5.88. The second kappa shape index (κ2) is 13.1. The highest BCUT2D eigenvalue weighted by Gasteiger charge is 2.64. The first-order chi connectivity index (χ1) is 20.6. The van der Waals surface area contributed by atoms with Crippen molar-refractivity contribution in [2.24, 2.45) is 11.8 Å². The molecule has 1 aromatic rings. The standard InChI is InChI=1S/C32H43ClN2O9/c1-17(2)29(37)43-25-15-26(36)35(6)21-13-20(14-22(40-7)27(21)33)12-18(3)10-9-11-24(41-8)32(39)16-23(42-30(38)34-32)19(4)28-31(25,5)44-28/h9-11,13-14,17,19,23-25,28,39H,12,15-16H2,1-8H3,(H,34,38)/t19-,23+,24-,25+,28+,31-,32+/m0/s1. The van der Waals surface area contributed by atoms with E-state index < -0.39 is 59.6 Å². The van der Waals surface area contributed by atoms with Gasteiger partial charge in [-0.05, 0) is 38.0 Å². The summed E-state index contributed by atoms with van der Waals surface area (Å²) in [5.74, 6) is -1.30. The molecule has 0 unspecified atom stereocenters. The van der Waals surface area contributed by atoms with Gasteiger partial charge in [-0.3, -0.25) is 14.9 Å². The highest BCUT2D eigenvalue weighted by atomic mass is 35.5. The van der Waals surface area contributed by atoms with Gasteiger partial charge < -0.3 is 33.7 Å². The molecule has 0 saturated carbocycles. The van der Waals surface area contributed by atoms with Gasteiger partial charge in [0, 0.05) is 26.5 Å². The topological polar surface area (TPSA) is 136 Å². The van der Waals surface area contributed by atoms with Crippen molar-refractivity contribution in [1.82, 2.24) is 5.32 Å². The Balaban J connectivity index is 1.80. The first-order valence-corrected chi connectivity index (χ1v) is 15.1. The molecule has 0 radical (unpaired) electrons. The minimum absolute atomic E-state index is 0.00361. The number of methoxy groups -OCH3 is 2. The van der Waals surface area contributed by atoms with E-state index in [1.165, 1.54) is 19.1 Å². The number of rotatable bonds is 4. The van der Waals surface area contributed by atoms with E-state index in [9.17, 15) is 19.5 Å². The summed E-state index contributed by atoms with van der Waals surface area (Å²) < 4.78 is 28.8. The number of esters is 1. The number of aliphatic hydroxyl groups is 1. The van der Waals surface area contributed by atoms with Crippen molar-refractivity contribution in [2.45, 2.75) is 89.6 Å².